The molecule has 28 heavy (non-hydrogen) atoms. The van der Waals surface area contributed by atoms with Crippen molar-refractivity contribution in [1.29, 1.82) is 0 Å². The molecule has 0 fully saturated rings. The molecule has 2 atom stereocenters. The van der Waals surface area contributed by atoms with Crippen molar-refractivity contribution in [2.45, 2.75) is 18.4 Å². The molecule has 2 aromatic carbocycles. The summed E-state index contributed by atoms with van der Waals surface area (Å²) in [6.07, 6.45) is 0.922. The summed E-state index contributed by atoms with van der Waals surface area (Å²) in [6.45, 7) is 1.30. The topological polar surface area (TPSA) is 63.2 Å². The number of likely N-dealkylation sites (N-methyl/N-ethyl adjacent to an activating group) is 1. The monoisotopic (exact) mass is 382 g/mol. The zero-order valence-electron chi connectivity index (χ0n) is 15.7. The third-order valence-electron chi connectivity index (χ3n) is 6.30. The van der Waals surface area contributed by atoms with Crippen LogP contribution in [0.4, 0.5) is 0 Å². The van der Waals surface area contributed by atoms with Gasteiger partial charge in [0.05, 0.1) is 20.6 Å². The number of rotatable bonds is 1. The second-order valence-electron chi connectivity index (χ2n) is 8.22. The third kappa shape index (κ3) is 2.05. The van der Waals surface area contributed by atoms with E-state index in [2.05, 4.69) is 20.2 Å². The average molecular weight is 382 g/mol. The Hall–Kier alpha value is -2.93. The number of ether oxygens (including phenoxy) is 5. The lowest BCUT2D eigenvalue weighted by atomic mass is 9.80. The number of hydrogen-bond donors (Lipinski definition) is 0. The van der Waals surface area contributed by atoms with Crippen molar-refractivity contribution in [3.05, 3.63) is 41.0 Å². The first-order valence-electron chi connectivity index (χ1n) is 9.42. The molecule has 0 N–H and O–H groups in total. The van der Waals surface area contributed by atoms with Gasteiger partial charge in [0.25, 0.3) is 0 Å². The fourth-order valence-electron chi connectivity index (χ4n) is 4.90. The highest BCUT2D eigenvalue weighted by Gasteiger charge is 2.51. The van der Waals surface area contributed by atoms with Crippen LogP contribution in [0, 0.1) is 0 Å². The summed E-state index contributed by atoms with van der Waals surface area (Å²) in [6, 6.07) is 7.80. The molecule has 7 nitrogen and oxygen atoms in total. The normalized spacial score (nSPS) is 25.3. The van der Waals surface area contributed by atoms with E-state index in [0.29, 0.717) is 21.7 Å². The van der Waals surface area contributed by atoms with E-state index in [1.54, 1.807) is 0 Å². The van der Waals surface area contributed by atoms with E-state index >= 15 is 0 Å². The van der Waals surface area contributed by atoms with Gasteiger partial charge in [0, 0.05) is 17.5 Å². The molecule has 4 heterocycles. The maximum absolute atomic E-state index is 13.1. The summed E-state index contributed by atoms with van der Waals surface area (Å²) in [4.78, 5) is 13.1. The summed E-state index contributed by atoms with van der Waals surface area (Å²) in [7, 11) is 4.33. The number of nitrogens with zero attached hydrogens (tertiary/aromatic N) is 1. The van der Waals surface area contributed by atoms with Gasteiger partial charge in [-0.1, -0.05) is 6.07 Å². The molecule has 0 unspecified atom stereocenters. The van der Waals surface area contributed by atoms with Crippen molar-refractivity contribution in [2.75, 3.05) is 34.2 Å². The Balaban J connectivity index is 1.53. The average Bonchev–Trinajstić information content (AvgIpc) is 3.37. The second kappa shape index (κ2) is 5.32. The first-order chi connectivity index (χ1) is 13.5. The fraction of sp³-hybridized carbons (Fsp3) is 0.381. The Morgan fingerprint density at radius 3 is 2.50 bits per heavy atom. The van der Waals surface area contributed by atoms with Crippen LogP contribution >= 0.6 is 0 Å². The Morgan fingerprint density at radius 1 is 0.893 bits per heavy atom. The SMILES string of the molecule is C[N+]1(C)CCc2cc3c(cc2[C@@H]1[C@@H]1C(=O)Oc2c1ccc1c2OCO1)OCO3. The minimum Gasteiger partial charge on any atom is -0.454 e. The quantitative estimate of drug-likeness (QED) is 0.429. The molecule has 0 aromatic heterocycles. The fourth-order valence-corrected chi connectivity index (χ4v) is 4.90. The highest BCUT2D eigenvalue weighted by Crippen LogP contribution is 2.55. The molecule has 144 valence electrons. The second-order valence-corrected chi connectivity index (χ2v) is 8.22. The summed E-state index contributed by atoms with van der Waals surface area (Å²) in [5, 5.41) is 0. The van der Waals surface area contributed by atoms with Crippen molar-refractivity contribution in [2.24, 2.45) is 0 Å². The summed E-state index contributed by atoms with van der Waals surface area (Å²) < 4.78 is 28.6. The molecule has 0 radical (unpaired) electrons. The number of carbonyl (C=O) groups is 1. The van der Waals surface area contributed by atoms with Crippen LogP contribution in [0.2, 0.25) is 0 Å². The molecule has 7 heteroatoms. The third-order valence-corrected chi connectivity index (χ3v) is 6.30. The largest absolute Gasteiger partial charge is 0.454 e. The van der Waals surface area contributed by atoms with Crippen molar-refractivity contribution in [3.63, 3.8) is 0 Å². The first kappa shape index (κ1) is 16.1. The lowest BCUT2D eigenvalue weighted by Crippen LogP contribution is -2.51. The molecule has 0 bridgehead atoms. The maximum atomic E-state index is 13.1. The predicted molar refractivity (Wildman–Crippen MR) is 96.9 cm³/mol. The number of quaternary nitrogens is 1. The van der Waals surface area contributed by atoms with Gasteiger partial charge < -0.3 is 28.2 Å². The van der Waals surface area contributed by atoms with E-state index in [1.165, 1.54) is 5.56 Å². The molecule has 0 amide bonds. The van der Waals surface area contributed by atoms with Crippen molar-refractivity contribution < 1.29 is 33.0 Å². The van der Waals surface area contributed by atoms with Crippen LogP contribution in [0.25, 0.3) is 0 Å². The van der Waals surface area contributed by atoms with Crippen LogP contribution in [0.5, 0.6) is 28.7 Å². The van der Waals surface area contributed by atoms with Crippen LogP contribution in [0.1, 0.15) is 28.7 Å². The molecule has 4 aliphatic heterocycles. The molecular formula is C21H20NO6+. The Bertz CT molecular complexity index is 1030. The van der Waals surface area contributed by atoms with Crippen LogP contribution < -0.4 is 23.7 Å². The summed E-state index contributed by atoms with van der Waals surface area (Å²) >= 11 is 0. The highest BCUT2D eigenvalue weighted by atomic mass is 16.7. The molecule has 2 aromatic rings. The predicted octanol–water partition coefficient (Wildman–Crippen LogP) is 2.52. The van der Waals surface area contributed by atoms with Gasteiger partial charge in [-0.3, -0.25) is 4.79 Å². The summed E-state index contributed by atoms with van der Waals surface area (Å²) in [5.74, 6) is 2.50. The first-order valence-corrected chi connectivity index (χ1v) is 9.42. The zero-order valence-corrected chi connectivity index (χ0v) is 15.7. The van der Waals surface area contributed by atoms with E-state index in [0.717, 1.165) is 35.6 Å². The molecule has 0 spiro atoms. The van der Waals surface area contributed by atoms with E-state index in [1.807, 2.05) is 18.2 Å². The van der Waals surface area contributed by atoms with E-state index in [4.69, 9.17) is 23.7 Å². The van der Waals surface area contributed by atoms with E-state index in [-0.39, 0.29) is 25.6 Å². The molecule has 0 saturated carbocycles. The van der Waals surface area contributed by atoms with Crippen LogP contribution in [-0.4, -0.2) is 44.7 Å². The Kier molecular flexibility index (Phi) is 3.05. The van der Waals surface area contributed by atoms with Crippen LogP contribution in [-0.2, 0) is 11.2 Å². The maximum Gasteiger partial charge on any atom is 0.325 e. The van der Waals surface area contributed by atoms with E-state index in [9.17, 15) is 4.79 Å². The number of hydrogen-bond acceptors (Lipinski definition) is 6. The van der Waals surface area contributed by atoms with Crippen molar-refractivity contribution in [1.82, 2.24) is 0 Å². The minimum atomic E-state index is -0.418. The van der Waals surface area contributed by atoms with Crippen molar-refractivity contribution >= 4 is 5.97 Å². The van der Waals surface area contributed by atoms with Crippen LogP contribution in [0.3, 0.4) is 0 Å². The zero-order chi connectivity index (χ0) is 19.0. The number of benzene rings is 2. The van der Waals surface area contributed by atoms with Gasteiger partial charge in [0.2, 0.25) is 19.3 Å². The highest BCUT2D eigenvalue weighted by molar-refractivity contribution is 5.89. The molecule has 4 aliphatic rings. The molecular weight excluding hydrogens is 362 g/mol. The lowest BCUT2D eigenvalue weighted by molar-refractivity contribution is -0.924. The van der Waals surface area contributed by atoms with Gasteiger partial charge in [0.15, 0.2) is 23.0 Å². The number of carbonyl (C=O) groups excluding carboxylic acids is 1. The van der Waals surface area contributed by atoms with Crippen molar-refractivity contribution in [3.8, 4) is 28.7 Å². The van der Waals surface area contributed by atoms with Gasteiger partial charge >= 0.3 is 5.97 Å². The summed E-state index contributed by atoms with van der Waals surface area (Å²) in [5.41, 5.74) is 3.18. The van der Waals surface area contributed by atoms with E-state index < -0.39 is 5.92 Å². The number of fused-ring (bicyclic) bond motifs is 5. The Morgan fingerprint density at radius 2 is 1.64 bits per heavy atom. The lowest BCUT2D eigenvalue weighted by Gasteiger charge is -2.44. The molecule has 6 rings (SSSR count). The van der Waals surface area contributed by atoms with Gasteiger partial charge in [-0.05, 0) is 23.8 Å². The molecule has 0 aliphatic carbocycles. The smallest absolute Gasteiger partial charge is 0.325 e. The van der Waals surface area contributed by atoms with Gasteiger partial charge in [-0.2, -0.15) is 0 Å². The van der Waals surface area contributed by atoms with Gasteiger partial charge in [-0.15, -0.1) is 0 Å². The minimum absolute atomic E-state index is 0.0904. The Labute approximate surface area is 161 Å². The standard InChI is InChI=1S/C21H20NO6/c1-22(2)6-5-11-7-15-16(26-9-25-15)8-13(11)18(22)17-12-3-4-14-20(27-10-24-14)19(12)28-21(17)23/h3-4,7-8,17-18H,5-6,9-10H2,1-2H3/q+1/t17-,18-/m1/s1. The van der Waals surface area contributed by atoms with Gasteiger partial charge in [0.1, 0.15) is 12.0 Å². The number of esters is 1. The van der Waals surface area contributed by atoms with Crippen LogP contribution in [0.15, 0.2) is 24.3 Å². The molecule has 0 saturated heterocycles. The van der Waals surface area contributed by atoms with Gasteiger partial charge in [-0.25, -0.2) is 0 Å².